The molecule has 33 heavy (non-hydrogen) atoms. The van der Waals surface area contributed by atoms with E-state index in [9.17, 15) is 0 Å². The fraction of sp³-hybridized carbons (Fsp3) is 0.879. The minimum atomic E-state index is 0.812. The molecule has 0 N–H and O–H groups in total. The zero-order valence-electron chi connectivity index (χ0n) is 25.2. The highest BCUT2D eigenvalue weighted by atomic mass is 14.2. The minimum Gasteiger partial charge on any atom is -0.100 e. The summed E-state index contributed by atoms with van der Waals surface area (Å²) in [4.78, 5) is 0. The quantitative estimate of drug-likeness (QED) is 0.117. The number of hydrogen-bond acceptors (Lipinski definition) is 0. The van der Waals surface area contributed by atoms with Gasteiger partial charge in [0.15, 0.2) is 0 Å². The van der Waals surface area contributed by atoms with Crippen LogP contribution in [0.25, 0.3) is 0 Å². The SMILES string of the molecule is C=C(C)CCCCCCCC(CCCCCCCC(=C)CCC(C)C)CC(C)C.CC.CC. The number of rotatable bonds is 21. The van der Waals surface area contributed by atoms with E-state index in [4.69, 9.17) is 0 Å². The second-order valence-electron chi connectivity index (χ2n) is 10.7. The predicted molar refractivity (Wildman–Crippen MR) is 158 cm³/mol. The van der Waals surface area contributed by atoms with Crippen molar-refractivity contribution in [3.8, 4) is 0 Å². The van der Waals surface area contributed by atoms with Gasteiger partial charge < -0.3 is 0 Å². The molecule has 0 heterocycles. The maximum Gasteiger partial charge on any atom is -0.0321 e. The van der Waals surface area contributed by atoms with Crippen LogP contribution in [0.1, 0.15) is 171 Å². The Morgan fingerprint density at radius 1 is 0.515 bits per heavy atom. The molecule has 200 valence electrons. The molecule has 1 unspecified atom stereocenters. The minimum absolute atomic E-state index is 0.812. The van der Waals surface area contributed by atoms with Gasteiger partial charge in [0, 0.05) is 0 Å². The van der Waals surface area contributed by atoms with Crippen LogP contribution in [0.4, 0.5) is 0 Å². The van der Waals surface area contributed by atoms with Crippen LogP contribution in [0.3, 0.4) is 0 Å². The first-order chi connectivity index (χ1) is 15.8. The number of hydrogen-bond donors (Lipinski definition) is 0. The van der Waals surface area contributed by atoms with Gasteiger partial charge in [0.1, 0.15) is 0 Å². The van der Waals surface area contributed by atoms with Crippen molar-refractivity contribution in [2.24, 2.45) is 17.8 Å². The van der Waals surface area contributed by atoms with Gasteiger partial charge in [-0.2, -0.15) is 0 Å². The maximum atomic E-state index is 4.27. The van der Waals surface area contributed by atoms with Crippen LogP contribution in [-0.2, 0) is 0 Å². The lowest BCUT2D eigenvalue weighted by Crippen LogP contribution is -2.05. The van der Waals surface area contributed by atoms with Crippen molar-refractivity contribution in [3.63, 3.8) is 0 Å². The highest BCUT2D eigenvalue weighted by Gasteiger charge is 2.10. The summed E-state index contributed by atoms with van der Waals surface area (Å²) in [7, 11) is 0. The van der Waals surface area contributed by atoms with E-state index in [1.807, 2.05) is 27.7 Å². The van der Waals surface area contributed by atoms with Crippen LogP contribution in [0.2, 0.25) is 0 Å². The Hall–Kier alpha value is -0.520. The molecule has 1 atom stereocenters. The van der Waals surface area contributed by atoms with Crippen LogP contribution in [-0.4, -0.2) is 0 Å². The summed E-state index contributed by atoms with van der Waals surface area (Å²) >= 11 is 0. The fourth-order valence-electron chi connectivity index (χ4n) is 4.39. The Bertz CT molecular complexity index is 387. The van der Waals surface area contributed by atoms with E-state index in [1.54, 1.807) is 0 Å². The third-order valence-electron chi connectivity index (χ3n) is 6.24. The molecule has 0 nitrogen and oxygen atoms in total. The predicted octanol–water partition coefficient (Wildman–Crippen LogP) is 12.7. The summed E-state index contributed by atoms with van der Waals surface area (Å²) in [5.41, 5.74) is 2.83. The van der Waals surface area contributed by atoms with Crippen molar-refractivity contribution >= 4 is 0 Å². The monoisotopic (exact) mass is 465 g/mol. The molecule has 0 saturated heterocycles. The molecular weight excluding hydrogens is 396 g/mol. The molecule has 0 fully saturated rings. The van der Waals surface area contributed by atoms with Gasteiger partial charge in [-0.25, -0.2) is 0 Å². The molecular formula is C33H68. The molecule has 0 saturated carbocycles. The Labute approximate surface area is 213 Å². The van der Waals surface area contributed by atoms with Crippen LogP contribution < -0.4 is 0 Å². The van der Waals surface area contributed by atoms with E-state index in [0.29, 0.717) is 0 Å². The molecule has 0 heteroatoms. The molecule has 0 spiro atoms. The standard InChI is InChI=1S/C29H56.2C2H6/c1-25(2)18-14-10-8-12-16-20-29(24-27(5)6)21-17-13-9-11-15-19-28(7)23-22-26(3)4;2*1-2/h26-27,29H,1,7-24H2,2-6H3;2*1-2H3. The van der Waals surface area contributed by atoms with Crippen molar-refractivity contribution in [1.29, 1.82) is 0 Å². The van der Waals surface area contributed by atoms with Crippen LogP contribution in [0.15, 0.2) is 24.3 Å². The fourth-order valence-corrected chi connectivity index (χ4v) is 4.39. The summed E-state index contributed by atoms with van der Waals surface area (Å²) in [6.45, 7) is 27.8. The maximum absolute atomic E-state index is 4.27. The van der Waals surface area contributed by atoms with E-state index in [0.717, 1.165) is 17.8 Å². The Morgan fingerprint density at radius 3 is 1.36 bits per heavy atom. The summed E-state index contributed by atoms with van der Waals surface area (Å²) < 4.78 is 0. The topological polar surface area (TPSA) is 0 Å². The van der Waals surface area contributed by atoms with E-state index in [2.05, 4.69) is 47.8 Å². The summed E-state index contributed by atoms with van der Waals surface area (Å²) in [5.74, 6) is 2.64. The van der Waals surface area contributed by atoms with Crippen molar-refractivity contribution in [2.75, 3.05) is 0 Å². The van der Waals surface area contributed by atoms with Crippen LogP contribution in [0.5, 0.6) is 0 Å². The third-order valence-corrected chi connectivity index (χ3v) is 6.24. The van der Waals surface area contributed by atoms with Crippen LogP contribution in [0, 0.1) is 17.8 Å². The van der Waals surface area contributed by atoms with Gasteiger partial charge in [0.2, 0.25) is 0 Å². The highest BCUT2D eigenvalue weighted by molar-refractivity contribution is 4.93. The van der Waals surface area contributed by atoms with E-state index >= 15 is 0 Å². The molecule has 0 amide bonds. The van der Waals surface area contributed by atoms with Gasteiger partial charge in [-0.1, -0.05) is 137 Å². The molecule has 0 aliphatic carbocycles. The molecule has 0 aliphatic heterocycles. The molecule has 0 aromatic rings. The van der Waals surface area contributed by atoms with E-state index in [-0.39, 0.29) is 0 Å². The first-order valence-electron chi connectivity index (χ1n) is 15.1. The van der Waals surface area contributed by atoms with Gasteiger partial charge in [-0.05, 0) is 69.6 Å². The smallest absolute Gasteiger partial charge is 0.0321 e. The van der Waals surface area contributed by atoms with Gasteiger partial charge in [-0.15, -0.1) is 6.58 Å². The molecule has 0 aromatic carbocycles. The largest absolute Gasteiger partial charge is 0.100 e. The van der Waals surface area contributed by atoms with Crippen molar-refractivity contribution in [3.05, 3.63) is 24.3 Å². The average molecular weight is 465 g/mol. The van der Waals surface area contributed by atoms with E-state index < -0.39 is 0 Å². The normalized spacial score (nSPS) is 11.5. The lowest BCUT2D eigenvalue weighted by atomic mass is 9.87. The molecule has 0 radical (unpaired) electrons. The number of allylic oxidation sites excluding steroid dienone is 2. The lowest BCUT2D eigenvalue weighted by Gasteiger charge is -2.19. The zero-order valence-corrected chi connectivity index (χ0v) is 25.2. The highest BCUT2D eigenvalue weighted by Crippen LogP contribution is 2.25. The Morgan fingerprint density at radius 2 is 0.939 bits per heavy atom. The first-order valence-corrected chi connectivity index (χ1v) is 15.1. The van der Waals surface area contributed by atoms with Crippen molar-refractivity contribution in [2.45, 2.75) is 171 Å². The van der Waals surface area contributed by atoms with Gasteiger partial charge >= 0.3 is 0 Å². The second kappa shape index (κ2) is 29.5. The second-order valence-corrected chi connectivity index (χ2v) is 10.7. The first kappa shape index (κ1) is 37.0. The lowest BCUT2D eigenvalue weighted by molar-refractivity contribution is 0.339. The zero-order chi connectivity index (χ0) is 25.9. The van der Waals surface area contributed by atoms with Gasteiger partial charge in [0.25, 0.3) is 0 Å². The van der Waals surface area contributed by atoms with Crippen molar-refractivity contribution in [1.82, 2.24) is 0 Å². The number of unbranched alkanes of at least 4 members (excludes halogenated alkanes) is 8. The van der Waals surface area contributed by atoms with Crippen molar-refractivity contribution < 1.29 is 0 Å². The summed E-state index contributed by atoms with van der Waals surface area (Å²) in [6.07, 6.45) is 23.5. The average Bonchev–Trinajstić information content (AvgIpc) is 2.78. The van der Waals surface area contributed by atoms with E-state index in [1.165, 1.54) is 120 Å². The van der Waals surface area contributed by atoms with Gasteiger partial charge in [-0.3, -0.25) is 0 Å². The molecule has 0 aromatic heterocycles. The van der Waals surface area contributed by atoms with Gasteiger partial charge in [0.05, 0.1) is 0 Å². The molecule has 0 rings (SSSR count). The molecule has 0 bridgehead atoms. The summed E-state index contributed by atoms with van der Waals surface area (Å²) in [5, 5.41) is 0. The molecule has 0 aliphatic rings. The Balaban J connectivity index is -0.00000212. The Kier molecular flexibility index (Phi) is 33.1. The van der Waals surface area contributed by atoms with Crippen LogP contribution >= 0.6 is 0 Å². The third kappa shape index (κ3) is 33.7. The summed E-state index contributed by atoms with van der Waals surface area (Å²) in [6, 6.07) is 0.